The second-order valence-corrected chi connectivity index (χ2v) is 5.88. The molecule has 0 heterocycles. The maximum atomic E-state index is 13.5. The highest BCUT2D eigenvalue weighted by molar-refractivity contribution is 5.43. The minimum Gasteiger partial charge on any atom is -0.493 e. The third kappa shape index (κ3) is 4.96. The average molecular weight is 331 g/mol. The van der Waals surface area contributed by atoms with E-state index in [0.29, 0.717) is 13.2 Å². The van der Waals surface area contributed by atoms with E-state index in [9.17, 15) is 4.39 Å². The number of hydrogen-bond acceptors (Lipinski definition) is 3. The zero-order valence-corrected chi connectivity index (χ0v) is 14.4. The molecule has 0 aliphatic rings. The summed E-state index contributed by atoms with van der Waals surface area (Å²) < 4.78 is 24.7. The summed E-state index contributed by atoms with van der Waals surface area (Å²) >= 11 is 0. The first-order valence-corrected chi connectivity index (χ1v) is 8.43. The van der Waals surface area contributed by atoms with Gasteiger partial charge in [0.1, 0.15) is 5.82 Å². The van der Waals surface area contributed by atoms with Gasteiger partial charge in [0, 0.05) is 5.92 Å². The lowest BCUT2D eigenvalue weighted by Crippen LogP contribution is -2.15. The summed E-state index contributed by atoms with van der Waals surface area (Å²) in [4.78, 5) is 0. The Labute approximate surface area is 143 Å². The fraction of sp³-hybridized carbons (Fsp3) is 0.400. The van der Waals surface area contributed by atoms with Gasteiger partial charge in [-0.15, -0.1) is 0 Å². The van der Waals surface area contributed by atoms with Gasteiger partial charge in [0.15, 0.2) is 11.5 Å². The highest BCUT2D eigenvalue weighted by Crippen LogP contribution is 2.30. The Kier molecular flexibility index (Phi) is 7.07. The van der Waals surface area contributed by atoms with Gasteiger partial charge < -0.3 is 15.2 Å². The summed E-state index contributed by atoms with van der Waals surface area (Å²) in [5.74, 6) is 1.31. The van der Waals surface area contributed by atoms with Crippen LogP contribution in [0.2, 0.25) is 0 Å². The molecule has 0 aliphatic heterocycles. The van der Waals surface area contributed by atoms with Gasteiger partial charge in [0.2, 0.25) is 0 Å². The van der Waals surface area contributed by atoms with Gasteiger partial charge in [-0.1, -0.05) is 31.5 Å². The molecule has 4 heteroatoms. The van der Waals surface area contributed by atoms with Gasteiger partial charge in [-0.25, -0.2) is 4.39 Å². The molecule has 0 aliphatic carbocycles. The van der Waals surface area contributed by atoms with Crippen LogP contribution in [0, 0.1) is 5.82 Å². The van der Waals surface area contributed by atoms with Gasteiger partial charge >= 0.3 is 0 Å². The standard InChI is InChI=1S/C20H26FNO2/c1-3-4-10-24-20-12-15(8-9-19(20)23-2)11-17(14-22)16-6-5-7-18(21)13-16/h5-9,12-13,17H,3-4,10-11,14,22H2,1-2H3. The molecule has 1 unspecified atom stereocenters. The van der Waals surface area contributed by atoms with E-state index in [2.05, 4.69) is 6.92 Å². The summed E-state index contributed by atoms with van der Waals surface area (Å²) in [5.41, 5.74) is 7.93. The van der Waals surface area contributed by atoms with Crippen molar-refractivity contribution in [1.82, 2.24) is 0 Å². The van der Waals surface area contributed by atoms with Crippen LogP contribution in [0.4, 0.5) is 4.39 Å². The van der Waals surface area contributed by atoms with Crippen molar-refractivity contribution in [2.75, 3.05) is 20.3 Å². The summed E-state index contributed by atoms with van der Waals surface area (Å²) in [5, 5.41) is 0. The van der Waals surface area contributed by atoms with E-state index in [0.717, 1.165) is 41.9 Å². The SMILES string of the molecule is CCCCOc1cc(CC(CN)c2cccc(F)c2)ccc1OC. The number of halogens is 1. The number of rotatable bonds is 9. The van der Waals surface area contributed by atoms with Crippen LogP contribution in [0.1, 0.15) is 36.8 Å². The van der Waals surface area contributed by atoms with Crippen molar-refractivity contribution in [3.63, 3.8) is 0 Å². The maximum absolute atomic E-state index is 13.5. The smallest absolute Gasteiger partial charge is 0.161 e. The van der Waals surface area contributed by atoms with Gasteiger partial charge in [-0.05, 0) is 54.8 Å². The van der Waals surface area contributed by atoms with Crippen LogP contribution in [-0.2, 0) is 6.42 Å². The molecule has 1 atom stereocenters. The van der Waals surface area contributed by atoms with E-state index in [-0.39, 0.29) is 11.7 Å². The fourth-order valence-corrected chi connectivity index (χ4v) is 2.67. The zero-order chi connectivity index (χ0) is 17.4. The Morgan fingerprint density at radius 3 is 2.62 bits per heavy atom. The van der Waals surface area contributed by atoms with Crippen molar-refractivity contribution in [2.24, 2.45) is 5.73 Å². The summed E-state index contributed by atoms with van der Waals surface area (Å²) in [6.45, 7) is 3.25. The molecule has 0 aromatic heterocycles. The third-order valence-corrected chi connectivity index (χ3v) is 4.07. The van der Waals surface area contributed by atoms with Crippen molar-refractivity contribution in [3.8, 4) is 11.5 Å². The van der Waals surface area contributed by atoms with Crippen molar-refractivity contribution in [1.29, 1.82) is 0 Å². The molecule has 0 saturated carbocycles. The monoisotopic (exact) mass is 331 g/mol. The Balaban J connectivity index is 2.16. The summed E-state index contributed by atoms with van der Waals surface area (Å²) in [6.07, 6.45) is 2.81. The van der Waals surface area contributed by atoms with E-state index in [1.165, 1.54) is 6.07 Å². The van der Waals surface area contributed by atoms with E-state index >= 15 is 0 Å². The molecule has 2 rings (SSSR count). The third-order valence-electron chi connectivity index (χ3n) is 4.07. The first kappa shape index (κ1) is 18.3. The lowest BCUT2D eigenvalue weighted by Gasteiger charge is -2.17. The molecular weight excluding hydrogens is 305 g/mol. The fourth-order valence-electron chi connectivity index (χ4n) is 2.67. The molecule has 0 saturated heterocycles. The van der Waals surface area contributed by atoms with Gasteiger partial charge in [-0.2, -0.15) is 0 Å². The number of benzene rings is 2. The summed E-state index contributed by atoms with van der Waals surface area (Å²) in [6, 6.07) is 12.6. The molecule has 2 aromatic rings. The molecule has 0 fully saturated rings. The second kappa shape index (κ2) is 9.28. The molecule has 130 valence electrons. The van der Waals surface area contributed by atoms with Crippen LogP contribution in [0.5, 0.6) is 11.5 Å². The zero-order valence-electron chi connectivity index (χ0n) is 14.4. The van der Waals surface area contributed by atoms with Crippen LogP contribution in [0.25, 0.3) is 0 Å². The van der Waals surface area contributed by atoms with E-state index < -0.39 is 0 Å². The van der Waals surface area contributed by atoms with Gasteiger partial charge in [0.05, 0.1) is 13.7 Å². The van der Waals surface area contributed by atoms with Crippen molar-refractivity contribution < 1.29 is 13.9 Å². The molecule has 2 aromatic carbocycles. The molecule has 0 amide bonds. The molecular formula is C20H26FNO2. The van der Waals surface area contributed by atoms with Crippen LogP contribution >= 0.6 is 0 Å². The van der Waals surface area contributed by atoms with Crippen molar-refractivity contribution >= 4 is 0 Å². The molecule has 3 nitrogen and oxygen atoms in total. The van der Waals surface area contributed by atoms with Gasteiger partial charge in [-0.3, -0.25) is 0 Å². The molecule has 0 spiro atoms. The predicted molar refractivity (Wildman–Crippen MR) is 95.3 cm³/mol. The molecule has 24 heavy (non-hydrogen) atoms. The highest BCUT2D eigenvalue weighted by Gasteiger charge is 2.13. The highest BCUT2D eigenvalue weighted by atomic mass is 19.1. The van der Waals surface area contributed by atoms with E-state index in [1.54, 1.807) is 19.2 Å². The number of unbranched alkanes of at least 4 members (excludes halogenated alkanes) is 1. The normalized spacial score (nSPS) is 12.0. The summed E-state index contributed by atoms with van der Waals surface area (Å²) in [7, 11) is 1.64. The van der Waals surface area contributed by atoms with Crippen LogP contribution in [0.3, 0.4) is 0 Å². The number of nitrogens with two attached hydrogens (primary N) is 1. The van der Waals surface area contributed by atoms with Crippen LogP contribution in [0.15, 0.2) is 42.5 Å². The Hall–Kier alpha value is -2.07. The average Bonchev–Trinajstić information content (AvgIpc) is 2.60. The minimum atomic E-state index is -0.232. The Morgan fingerprint density at radius 1 is 1.12 bits per heavy atom. The number of hydrogen-bond donors (Lipinski definition) is 1. The lowest BCUT2D eigenvalue weighted by molar-refractivity contribution is 0.288. The van der Waals surface area contributed by atoms with Crippen LogP contribution in [-0.4, -0.2) is 20.3 Å². The van der Waals surface area contributed by atoms with Crippen LogP contribution < -0.4 is 15.2 Å². The Bertz CT molecular complexity index is 645. The molecule has 0 radical (unpaired) electrons. The number of ether oxygens (including phenoxy) is 2. The lowest BCUT2D eigenvalue weighted by atomic mass is 9.92. The quantitative estimate of drug-likeness (QED) is 0.697. The molecule has 0 bridgehead atoms. The second-order valence-electron chi connectivity index (χ2n) is 5.88. The predicted octanol–water partition coefficient (Wildman–Crippen LogP) is 4.30. The topological polar surface area (TPSA) is 44.5 Å². The largest absolute Gasteiger partial charge is 0.493 e. The maximum Gasteiger partial charge on any atom is 0.161 e. The van der Waals surface area contributed by atoms with E-state index in [1.807, 2.05) is 24.3 Å². The first-order valence-electron chi connectivity index (χ1n) is 8.43. The van der Waals surface area contributed by atoms with Crippen molar-refractivity contribution in [3.05, 3.63) is 59.4 Å². The number of methoxy groups -OCH3 is 1. The van der Waals surface area contributed by atoms with Crippen molar-refractivity contribution in [2.45, 2.75) is 32.1 Å². The minimum absolute atomic E-state index is 0.0672. The van der Waals surface area contributed by atoms with Gasteiger partial charge in [0.25, 0.3) is 0 Å². The van der Waals surface area contributed by atoms with E-state index in [4.69, 9.17) is 15.2 Å². The first-order chi connectivity index (χ1) is 11.7. The molecule has 2 N–H and O–H groups in total. The Morgan fingerprint density at radius 2 is 1.96 bits per heavy atom.